The minimum absolute atomic E-state index is 0.121. The maximum Gasteiger partial charge on any atom is 0.161 e. The lowest BCUT2D eigenvalue weighted by molar-refractivity contribution is 0.134. The van der Waals surface area contributed by atoms with Crippen molar-refractivity contribution in [3.05, 3.63) is 23.8 Å². The summed E-state index contributed by atoms with van der Waals surface area (Å²) in [5, 5.41) is 17.3. The van der Waals surface area contributed by atoms with Gasteiger partial charge in [-0.15, -0.1) is 0 Å². The zero-order chi connectivity index (χ0) is 16.2. The second-order valence-electron chi connectivity index (χ2n) is 6.63. The lowest BCUT2D eigenvalue weighted by atomic mass is 10.00. The van der Waals surface area contributed by atoms with Gasteiger partial charge in [0.25, 0.3) is 0 Å². The van der Waals surface area contributed by atoms with Gasteiger partial charge in [-0.05, 0) is 57.0 Å². The van der Waals surface area contributed by atoms with Gasteiger partial charge in [0.15, 0.2) is 11.5 Å². The Balaban J connectivity index is 1.75. The molecular formula is C18H28N2O3. The van der Waals surface area contributed by atoms with Crippen LogP contribution < -0.4 is 20.1 Å². The number of aliphatic hydroxyl groups is 1. The number of hydrogen-bond donors (Lipinski definition) is 3. The first-order valence-electron chi connectivity index (χ1n) is 8.66. The standard InChI is InChI=1S/C18H28N2O3/c1-12(14-7-9-19-11-14)23-17-10-13(5-6-16(17)22-2)18(21)15-4-3-8-20-15/h5-6,10,12,14-15,18-21H,3-4,7-9,11H2,1-2H3/t12?,14?,15-,18+/m0/s1. The van der Waals surface area contributed by atoms with Crippen LogP contribution in [-0.2, 0) is 0 Å². The Kier molecular flexibility index (Phi) is 5.41. The van der Waals surface area contributed by atoms with Gasteiger partial charge in [-0.3, -0.25) is 0 Å². The molecule has 0 radical (unpaired) electrons. The van der Waals surface area contributed by atoms with E-state index in [2.05, 4.69) is 17.6 Å². The fourth-order valence-corrected chi connectivity index (χ4v) is 3.56. The normalized spacial score (nSPS) is 26.9. The van der Waals surface area contributed by atoms with Crippen molar-refractivity contribution in [3.8, 4) is 11.5 Å². The molecular weight excluding hydrogens is 292 g/mol. The molecule has 5 heteroatoms. The summed E-state index contributed by atoms with van der Waals surface area (Å²) in [6.07, 6.45) is 2.88. The van der Waals surface area contributed by atoms with Crippen LogP contribution in [0.2, 0.25) is 0 Å². The average Bonchev–Trinajstić information content (AvgIpc) is 3.27. The molecule has 23 heavy (non-hydrogen) atoms. The van der Waals surface area contributed by atoms with Crippen molar-refractivity contribution in [2.24, 2.45) is 5.92 Å². The minimum Gasteiger partial charge on any atom is -0.493 e. The van der Waals surface area contributed by atoms with Gasteiger partial charge in [-0.1, -0.05) is 6.07 Å². The summed E-state index contributed by atoms with van der Waals surface area (Å²) in [6, 6.07) is 5.89. The highest BCUT2D eigenvalue weighted by atomic mass is 16.5. The molecule has 128 valence electrons. The van der Waals surface area contributed by atoms with Crippen LogP contribution in [0.25, 0.3) is 0 Å². The Hall–Kier alpha value is -1.30. The van der Waals surface area contributed by atoms with Gasteiger partial charge in [-0.2, -0.15) is 0 Å². The quantitative estimate of drug-likeness (QED) is 0.747. The number of methoxy groups -OCH3 is 1. The summed E-state index contributed by atoms with van der Waals surface area (Å²) in [6.45, 7) is 5.14. The van der Waals surface area contributed by atoms with E-state index in [1.54, 1.807) is 7.11 Å². The van der Waals surface area contributed by atoms with E-state index in [0.29, 0.717) is 5.92 Å². The van der Waals surface area contributed by atoms with Crippen molar-refractivity contribution in [2.75, 3.05) is 26.7 Å². The number of ether oxygens (including phenoxy) is 2. The summed E-state index contributed by atoms with van der Waals surface area (Å²) < 4.78 is 11.6. The van der Waals surface area contributed by atoms with Crippen LogP contribution in [0, 0.1) is 5.92 Å². The first-order chi connectivity index (χ1) is 11.2. The summed E-state index contributed by atoms with van der Waals surface area (Å²) >= 11 is 0. The predicted octanol–water partition coefficient (Wildman–Crippen LogP) is 1.86. The van der Waals surface area contributed by atoms with Crippen molar-refractivity contribution in [2.45, 2.75) is 44.4 Å². The van der Waals surface area contributed by atoms with Crippen LogP contribution in [0.1, 0.15) is 37.9 Å². The van der Waals surface area contributed by atoms with Gasteiger partial charge in [-0.25, -0.2) is 0 Å². The smallest absolute Gasteiger partial charge is 0.161 e. The van der Waals surface area contributed by atoms with Gasteiger partial charge in [0.1, 0.15) is 6.10 Å². The molecule has 0 spiro atoms. The Labute approximate surface area is 138 Å². The average molecular weight is 320 g/mol. The molecule has 2 fully saturated rings. The molecule has 3 N–H and O–H groups in total. The molecule has 0 bridgehead atoms. The van der Waals surface area contributed by atoms with Gasteiger partial charge < -0.3 is 25.2 Å². The van der Waals surface area contributed by atoms with E-state index >= 15 is 0 Å². The summed E-state index contributed by atoms with van der Waals surface area (Å²) in [4.78, 5) is 0. The molecule has 0 saturated carbocycles. The summed E-state index contributed by atoms with van der Waals surface area (Å²) in [7, 11) is 1.65. The van der Waals surface area contributed by atoms with Crippen molar-refractivity contribution in [1.29, 1.82) is 0 Å². The van der Waals surface area contributed by atoms with E-state index < -0.39 is 6.10 Å². The Bertz CT molecular complexity index is 511. The monoisotopic (exact) mass is 320 g/mol. The molecule has 1 aromatic carbocycles. The van der Waals surface area contributed by atoms with E-state index in [4.69, 9.17) is 9.47 Å². The second kappa shape index (κ2) is 7.51. The number of benzene rings is 1. The lowest BCUT2D eigenvalue weighted by Gasteiger charge is -2.24. The van der Waals surface area contributed by atoms with Gasteiger partial charge in [0.05, 0.1) is 13.2 Å². The van der Waals surface area contributed by atoms with Gasteiger partial charge in [0, 0.05) is 18.5 Å². The van der Waals surface area contributed by atoms with Crippen molar-refractivity contribution < 1.29 is 14.6 Å². The molecule has 5 nitrogen and oxygen atoms in total. The summed E-state index contributed by atoms with van der Waals surface area (Å²) in [5.41, 5.74) is 0.886. The first kappa shape index (κ1) is 16.6. The fourth-order valence-electron chi connectivity index (χ4n) is 3.56. The Morgan fingerprint density at radius 1 is 1.22 bits per heavy atom. The number of aliphatic hydroxyl groups excluding tert-OH is 1. The van der Waals surface area contributed by atoms with E-state index in [0.717, 1.165) is 56.0 Å². The van der Waals surface area contributed by atoms with E-state index in [1.807, 2.05) is 18.2 Å². The zero-order valence-corrected chi connectivity index (χ0v) is 14.0. The number of hydrogen-bond acceptors (Lipinski definition) is 5. The van der Waals surface area contributed by atoms with Crippen LogP contribution in [0.5, 0.6) is 11.5 Å². The van der Waals surface area contributed by atoms with Crippen molar-refractivity contribution in [3.63, 3.8) is 0 Å². The first-order valence-corrected chi connectivity index (χ1v) is 8.66. The van der Waals surface area contributed by atoms with Crippen LogP contribution in [0.3, 0.4) is 0 Å². The van der Waals surface area contributed by atoms with Gasteiger partial charge >= 0.3 is 0 Å². The van der Waals surface area contributed by atoms with Crippen LogP contribution in [0.4, 0.5) is 0 Å². The van der Waals surface area contributed by atoms with E-state index in [1.165, 1.54) is 0 Å². The fraction of sp³-hybridized carbons (Fsp3) is 0.667. The van der Waals surface area contributed by atoms with Crippen LogP contribution in [0.15, 0.2) is 18.2 Å². The zero-order valence-electron chi connectivity index (χ0n) is 14.0. The van der Waals surface area contributed by atoms with Crippen molar-refractivity contribution in [1.82, 2.24) is 10.6 Å². The van der Waals surface area contributed by atoms with Crippen LogP contribution >= 0.6 is 0 Å². The van der Waals surface area contributed by atoms with E-state index in [-0.39, 0.29) is 12.1 Å². The summed E-state index contributed by atoms with van der Waals surface area (Å²) in [5.74, 6) is 1.96. The maximum atomic E-state index is 10.6. The highest BCUT2D eigenvalue weighted by molar-refractivity contribution is 5.44. The van der Waals surface area contributed by atoms with Gasteiger partial charge in [0.2, 0.25) is 0 Å². The third kappa shape index (κ3) is 3.79. The molecule has 1 aromatic rings. The Morgan fingerprint density at radius 3 is 2.74 bits per heavy atom. The third-order valence-corrected chi connectivity index (χ3v) is 5.08. The molecule has 0 aliphatic carbocycles. The van der Waals surface area contributed by atoms with Crippen LogP contribution in [-0.4, -0.2) is 44.0 Å². The molecule has 2 saturated heterocycles. The minimum atomic E-state index is -0.505. The SMILES string of the molecule is COc1ccc([C@@H](O)[C@@H]2CCCN2)cc1OC(C)C1CCNC1. The molecule has 2 aliphatic rings. The molecule has 4 atom stereocenters. The number of nitrogens with one attached hydrogen (secondary N) is 2. The van der Waals surface area contributed by atoms with E-state index in [9.17, 15) is 5.11 Å². The predicted molar refractivity (Wildman–Crippen MR) is 90.0 cm³/mol. The molecule has 2 unspecified atom stereocenters. The number of rotatable bonds is 6. The molecule has 3 rings (SSSR count). The molecule has 2 heterocycles. The largest absolute Gasteiger partial charge is 0.493 e. The molecule has 0 aromatic heterocycles. The molecule has 2 aliphatic heterocycles. The lowest BCUT2D eigenvalue weighted by Crippen LogP contribution is -2.29. The van der Waals surface area contributed by atoms with Crippen molar-refractivity contribution >= 4 is 0 Å². The Morgan fingerprint density at radius 2 is 2.09 bits per heavy atom. The topological polar surface area (TPSA) is 62.8 Å². The molecule has 0 amide bonds. The maximum absolute atomic E-state index is 10.6. The third-order valence-electron chi connectivity index (χ3n) is 5.08. The second-order valence-corrected chi connectivity index (χ2v) is 6.63. The highest BCUT2D eigenvalue weighted by Gasteiger charge is 2.26. The highest BCUT2D eigenvalue weighted by Crippen LogP contribution is 2.34.